The van der Waals surface area contributed by atoms with Crippen LogP contribution < -0.4 is 5.32 Å². The number of rotatable bonds is 6. The van der Waals surface area contributed by atoms with Crippen molar-refractivity contribution in [2.24, 2.45) is 0 Å². The van der Waals surface area contributed by atoms with Crippen LogP contribution in [0.1, 0.15) is 23.2 Å². The van der Waals surface area contributed by atoms with E-state index in [9.17, 15) is 19.7 Å². The molecule has 1 saturated heterocycles. The maximum Gasteiger partial charge on any atom is 0.269 e. The van der Waals surface area contributed by atoms with Crippen molar-refractivity contribution in [2.75, 3.05) is 24.2 Å². The molecule has 0 aliphatic carbocycles. The average molecular weight is 393 g/mol. The van der Waals surface area contributed by atoms with E-state index >= 15 is 0 Å². The first-order chi connectivity index (χ1) is 12.5. The summed E-state index contributed by atoms with van der Waals surface area (Å²) in [6, 6.07) is 5.28. The first kappa shape index (κ1) is 18.3. The van der Waals surface area contributed by atoms with E-state index in [1.807, 2.05) is 4.90 Å². The van der Waals surface area contributed by atoms with Gasteiger partial charge in [-0.05, 0) is 25.0 Å². The summed E-state index contributed by atoms with van der Waals surface area (Å²) in [6.07, 6.45) is 2.10. The molecule has 1 N–H and O–H groups in total. The van der Waals surface area contributed by atoms with Crippen molar-refractivity contribution in [1.29, 1.82) is 0 Å². The standard InChI is InChI=1S/C15H15N5O4S2/c21-12(19-7-1-2-8-19)9-25-15-18-17-14(26-15)16-13(22)10-3-5-11(6-4-10)20(23)24/h3-6H,1-2,7-9H2,(H,16,17,22). The number of non-ortho nitro benzene ring substituents is 1. The Labute approximate surface area is 156 Å². The largest absolute Gasteiger partial charge is 0.342 e. The Morgan fingerprint density at radius 3 is 2.58 bits per heavy atom. The van der Waals surface area contributed by atoms with Crippen LogP contribution in [0.2, 0.25) is 0 Å². The number of nitrogens with zero attached hydrogens (tertiary/aromatic N) is 4. The molecule has 1 aliphatic heterocycles. The number of hydrogen-bond donors (Lipinski definition) is 1. The third kappa shape index (κ3) is 4.55. The predicted molar refractivity (Wildman–Crippen MR) is 97.5 cm³/mol. The number of carbonyl (C=O) groups excluding carboxylic acids is 2. The summed E-state index contributed by atoms with van der Waals surface area (Å²) < 4.78 is 0.594. The van der Waals surface area contributed by atoms with Crippen molar-refractivity contribution >= 4 is 45.7 Å². The van der Waals surface area contributed by atoms with Crippen LogP contribution in [0.5, 0.6) is 0 Å². The van der Waals surface area contributed by atoms with Gasteiger partial charge in [0.25, 0.3) is 11.6 Å². The van der Waals surface area contributed by atoms with Gasteiger partial charge in [0.1, 0.15) is 0 Å². The highest BCUT2D eigenvalue weighted by Gasteiger charge is 2.19. The molecule has 0 unspecified atom stereocenters. The van der Waals surface area contributed by atoms with Crippen LogP contribution in [-0.2, 0) is 4.79 Å². The number of amides is 2. The first-order valence-corrected chi connectivity index (χ1v) is 9.63. The van der Waals surface area contributed by atoms with Gasteiger partial charge in [-0.2, -0.15) is 0 Å². The minimum Gasteiger partial charge on any atom is -0.342 e. The molecule has 1 aliphatic rings. The monoisotopic (exact) mass is 393 g/mol. The number of anilines is 1. The van der Waals surface area contributed by atoms with E-state index in [0.29, 0.717) is 15.2 Å². The molecule has 2 heterocycles. The Balaban J connectivity index is 1.53. The molecule has 1 fully saturated rings. The fourth-order valence-corrected chi connectivity index (χ4v) is 4.05. The number of hydrogen-bond acceptors (Lipinski definition) is 8. The second kappa shape index (κ2) is 8.23. The molecule has 2 amide bonds. The molecule has 2 aromatic rings. The molecular weight excluding hydrogens is 378 g/mol. The van der Waals surface area contributed by atoms with Gasteiger partial charge in [0.15, 0.2) is 4.34 Å². The average Bonchev–Trinajstić information content (AvgIpc) is 3.32. The van der Waals surface area contributed by atoms with E-state index in [0.717, 1.165) is 25.9 Å². The number of likely N-dealkylation sites (tertiary alicyclic amines) is 1. The van der Waals surface area contributed by atoms with Crippen LogP contribution in [0.4, 0.5) is 10.8 Å². The maximum atomic E-state index is 12.1. The predicted octanol–water partition coefficient (Wildman–Crippen LogP) is 2.41. The van der Waals surface area contributed by atoms with Gasteiger partial charge in [-0.25, -0.2) is 0 Å². The van der Waals surface area contributed by atoms with Crippen molar-refractivity contribution in [1.82, 2.24) is 15.1 Å². The van der Waals surface area contributed by atoms with Crippen LogP contribution in [0.3, 0.4) is 0 Å². The number of aromatic nitrogens is 2. The van der Waals surface area contributed by atoms with Crippen LogP contribution in [-0.4, -0.2) is 50.7 Å². The maximum absolute atomic E-state index is 12.1. The fraction of sp³-hybridized carbons (Fsp3) is 0.333. The second-order valence-electron chi connectivity index (χ2n) is 5.51. The lowest BCUT2D eigenvalue weighted by Gasteiger charge is -2.13. The Morgan fingerprint density at radius 2 is 1.92 bits per heavy atom. The molecule has 26 heavy (non-hydrogen) atoms. The molecule has 9 nitrogen and oxygen atoms in total. The molecule has 0 bridgehead atoms. The molecule has 0 atom stereocenters. The van der Waals surface area contributed by atoms with E-state index < -0.39 is 10.8 Å². The van der Waals surface area contributed by atoms with Gasteiger partial charge in [0.05, 0.1) is 10.7 Å². The molecule has 1 aromatic heterocycles. The molecule has 1 aromatic carbocycles. The van der Waals surface area contributed by atoms with Crippen molar-refractivity contribution in [3.63, 3.8) is 0 Å². The van der Waals surface area contributed by atoms with Gasteiger partial charge in [0.2, 0.25) is 11.0 Å². The van der Waals surface area contributed by atoms with E-state index in [1.54, 1.807) is 0 Å². The summed E-state index contributed by atoms with van der Waals surface area (Å²) in [5, 5.41) is 21.4. The molecule has 0 radical (unpaired) electrons. The highest BCUT2D eigenvalue weighted by Crippen LogP contribution is 2.26. The summed E-state index contributed by atoms with van der Waals surface area (Å²) in [5.41, 5.74) is 0.197. The van der Waals surface area contributed by atoms with Gasteiger partial charge in [0, 0.05) is 30.8 Å². The topological polar surface area (TPSA) is 118 Å². The Kier molecular flexibility index (Phi) is 5.78. The summed E-state index contributed by atoms with van der Waals surface area (Å²) >= 11 is 2.47. The second-order valence-corrected chi connectivity index (χ2v) is 7.71. The normalized spacial score (nSPS) is 13.6. The third-order valence-electron chi connectivity index (χ3n) is 3.75. The lowest BCUT2D eigenvalue weighted by atomic mass is 10.2. The van der Waals surface area contributed by atoms with Gasteiger partial charge in [-0.1, -0.05) is 23.1 Å². The first-order valence-electron chi connectivity index (χ1n) is 7.83. The van der Waals surface area contributed by atoms with Gasteiger partial charge in [-0.3, -0.25) is 25.0 Å². The number of nitrogens with one attached hydrogen (secondary N) is 1. The number of benzene rings is 1. The summed E-state index contributed by atoms with van der Waals surface area (Å²) in [7, 11) is 0. The lowest BCUT2D eigenvalue weighted by molar-refractivity contribution is -0.384. The van der Waals surface area contributed by atoms with Crippen LogP contribution in [0.15, 0.2) is 28.6 Å². The van der Waals surface area contributed by atoms with Crippen LogP contribution in [0.25, 0.3) is 0 Å². The summed E-state index contributed by atoms with van der Waals surface area (Å²) in [5.74, 6) is -0.0507. The van der Waals surface area contributed by atoms with E-state index in [1.165, 1.54) is 47.4 Å². The van der Waals surface area contributed by atoms with Gasteiger partial charge in [-0.15, -0.1) is 10.2 Å². The Bertz CT molecular complexity index is 818. The van der Waals surface area contributed by atoms with E-state index in [-0.39, 0.29) is 17.2 Å². The summed E-state index contributed by atoms with van der Waals surface area (Å²) in [6.45, 7) is 1.62. The number of nitro benzene ring substituents is 1. The fourth-order valence-electron chi connectivity index (χ4n) is 2.40. The molecule has 11 heteroatoms. The van der Waals surface area contributed by atoms with Crippen molar-refractivity contribution in [3.8, 4) is 0 Å². The SMILES string of the molecule is O=C(Nc1nnc(SCC(=O)N2CCCC2)s1)c1ccc([N+](=O)[O-])cc1. The zero-order valence-electron chi connectivity index (χ0n) is 13.6. The molecule has 0 spiro atoms. The van der Waals surface area contributed by atoms with Crippen molar-refractivity contribution in [3.05, 3.63) is 39.9 Å². The van der Waals surface area contributed by atoms with Crippen LogP contribution >= 0.6 is 23.1 Å². The quantitative estimate of drug-likeness (QED) is 0.346. The summed E-state index contributed by atoms with van der Waals surface area (Å²) in [4.78, 5) is 36.1. The Morgan fingerprint density at radius 1 is 1.23 bits per heavy atom. The third-order valence-corrected chi connectivity index (χ3v) is 5.70. The van der Waals surface area contributed by atoms with Gasteiger partial charge >= 0.3 is 0 Å². The highest BCUT2D eigenvalue weighted by atomic mass is 32.2. The number of carbonyl (C=O) groups is 2. The smallest absolute Gasteiger partial charge is 0.269 e. The van der Waals surface area contributed by atoms with E-state index in [4.69, 9.17) is 0 Å². The highest BCUT2D eigenvalue weighted by molar-refractivity contribution is 8.01. The zero-order chi connectivity index (χ0) is 18.5. The minimum atomic E-state index is -0.528. The van der Waals surface area contributed by atoms with Crippen LogP contribution in [0, 0.1) is 10.1 Å². The molecule has 0 saturated carbocycles. The Hall–Kier alpha value is -2.53. The van der Waals surface area contributed by atoms with Gasteiger partial charge < -0.3 is 4.90 Å². The van der Waals surface area contributed by atoms with Crippen molar-refractivity contribution in [2.45, 2.75) is 17.2 Å². The lowest BCUT2D eigenvalue weighted by Crippen LogP contribution is -2.29. The number of nitro groups is 1. The van der Waals surface area contributed by atoms with E-state index in [2.05, 4.69) is 15.5 Å². The minimum absolute atomic E-state index is 0.0826. The number of thioether (sulfide) groups is 1. The molecule has 3 rings (SSSR count). The zero-order valence-corrected chi connectivity index (χ0v) is 15.2. The molecular formula is C15H15N5O4S2. The molecule has 136 valence electrons. The van der Waals surface area contributed by atoms with Crippen molar-refractivity contribution < 1.29 is 14.5 Å².